The summed E-state index contributed by atoms with van der Waals surface area (Å²) < 4.78 is 0. The van der Waals surface area contributed by atoms with Crippen LogP contribution in [0.15, 0.2) is 24.3 Å². The monoisotopic (exact) mass is 291 g/mol. The lowest BCUT2D eigenvalue weighted by Gasteiger charge is -2.39. The minimum Gasteiger partial charge on any atom is -0.508 e. The van der Waals surface area contributed by atoms with Crippen molar-refractivity contribution in [1.29, 1.82) is 0 Å². The number of nitrogens with two attached hydrogens (primary N) is 1. The summed E-state index contributed by atoms with van der Waals surface area (Å²) in [4.78, 5) is 12.2. The first-order valence-electron chi connectivity index (χ1n) is 7.59. The molecule has 1 fully saturated rings. The fourth-order valence-corrected chi connectivity index (χ4v) is 2.83. The highest BCUT2D eigenvalue weighted by atomic mass is 16.3. The number of rotatable bonds is 4. The second-order valence-electron chi connectivity index (χ2n) is 5.99. The molecular weight excluding hydrogens is 266 g/mol. The zero-order valence-corrected chi connectivity index (χ0v) is 12.7. The second-order valence-corrected chi connectivity index (χ2v) is 5.99. The summed E-state index contributed by atoms with van der Waals surface area (Å²) in [6.07, 6.45) is 3.85. The van der Waals surface area contributed by atoms with Gasteiger partial charge in [-0.3, -0.25) is 10.2 Å². The van der Waals surface area contributed by atoms with Crippen molar-refractivity contribution in [3.8, 4) is 5.75 Å². The Balaban J connectivity index is 1.91. The maximum Gasteiger partial charge on any atom is 0.251 e. The van der Waals surface area contributed by atoms with Crippen LogP contribution in [0, 0.1) is 0 Å². The molecule has 21 heavy (non-hydrogen) atoms. The number of benzene rings is 1. The van der Waals surface area contributed by atoms with Gasteiger partial charge in [-0.2, -0.15) is 0 Å². The average molecular weight is 291 g/mol. The minimum absolute atomic E-state index is 0.149. The molecule has 5 heteroatoms. The van der Waals surface area contributed by atoms with Crippen molar-refractivity contribution in [2.45, 2.75) is 57.7 Å². The Hall–Kier alpha value is -1.59. The van der Waals surface area contributed by atoms with Crippen LogP contribution in [0.1, 0.15) is 38.7 Å². The molecule has 1 amide bonds. The van der Waals surface area contributed by atoms with Crippen LogP contribution < -0.4 is 11.2 Å². The van der Waals surface area contributed by atoms with Gasteiger partial charge in [0.25, 0.3) is 5.91 Å². The van der Waals surface area contributed by atoms with E-state index in [-0.39, 0.29) is 11.7 Å². The Bertz CT molecular complexity index is 465. The van der Waals surface area contributed by atoms with E-state index in [1.807, 2.05) is 5.01 Å². The van der Waals surface area contributed by atoms with E-state index in [1.165, 1.54) is 6.42 Å². The first-order chi connectivity index (χ1) is 9.97. The lowest BCUT2D eigenvalue weighted by Crippen LogP contribution is -2.57. The number of carbonyl (C=O) groups excluding carboxylic acids is 1. The van der Waals surface area contributed by atoms with Crippen molar-refractivity contribution >= 4 is 5.91 Å². The molecule has 0 aliphatic carbocycles. The van der Waals surface area contributed by atoms with Gasteiger partial charge >= 0.3 is 0 Å². The quantitative estimate of drug-likeness (QED) is 0.786. The summed E-state index contributed by atoms with van der Waals surface area (Å²) >= 11 is 0. The molecule has 1 saturated heterocycles. The summed E-state index contributed by atoms with van der Waals surface area (Å²) in [6, 6.07) is 6.89. The third-order valence-corrected chi connectivity index (χ3v) is 4.16. The van der Waals surface area contributed by atoms with E-state index in [9.17, 15) is 9.90 Å². The van der Waals surface area contributed by atoms with Gasteiger partial charge in [0.05, 0.1) is 6.04 Å². The van der Waals surface area contributed by atoms with E-state index in [1.54, 1.807) is 24.3 Å². The molecule has 0 saturated carbocycles. The molecule has 5 nitrogen and oxygen atoms in total. The molecule has 2 rings (SSSR count). The summed E-state index contributed by atoms with van der Waals surface area (Å²) in [5.74, 6) is 0.0661. The van der Waals surface area contributed by atoms with E-state index in [2.05, 4.69) is 19.3 Å². The van der Waals surface area contributed by atoms with Gasteiger partial charge in [-0.05, 0) is 50.8 Å². The van der Waals surface area contributed by atoms with Gasteiger partial charge in [-0.1, -0.05) is 18.6 Å². The number of hydrazine groups is 1. The highest BCUT2D eigenvalue weighted by Gasteiger charge is 2.27. The van der Waals surface area contributed by atoms with Crippen LogP contribution in [-0.2, 0) is 11.2 Å². The SMILES string of the molecule is CC1CCCC(C)N1NC(=O)C(N)Cc1ccc(O)cc1. The molecular formula is C16H25N3O2. The molecule has 0 aromatic heterocycles. The van der Waals surface area contributed by atoms with Crippen molar-refractivity contribution in [3.63, 3.8) is 0 Å². The highest BCUT2D eigenvalue weighted by molar-refractivity contribution is 5.81. The van der Waals surface area contributed by atoms with Crippen LogP contribution in [0.5, 0.6) is 5.75 Å². The molecule has 0 spiro atoms. The summed E-state index contributed by atoms with van der Waals surface area (Å²) in [6.45, 7) is 4.25. The standard InChI is InChI=1S/C16H25N3O2/c1-11-4-3-5-12(2)19(11)18-16(21)15(17)10-13-6-8-14(20)9-7-13/h6-9,11-12,15,20H,3-5,10,17H2,1-2H3,(H,18,21). The molecule has 3 unspecified atom stereocenters. The van der Waals surface area contributed by atoms with Gasteiger partial charge < -0.3 is 10.8 Å². The first kappa shape index (κ1) is 15.8. The maximum atomic E-state index is 12.2. The molecule has 4 N–H and O–H groups in total. The van der Waals surface area contributed by atoms with E-state index in [0.29, 0.717) is 18.5 Å². The molecule has 1 heterocycles. The number of hydrogen-bond acceptors (Lipinski definition) is 4. The number of phenols is 1. The second kappa shape index (κ2) is 6.91. The number of phenolic OH excluding ortho intramolecular Hbond substituents is 1. The van der Waals surface area contributed by atoms with Crippen molar-refractivity contribution in [2.75, 3.05) is 0 Å². The van der Waals surface area contributed by atoms with Crippen LogP contribution >= 0.6 is 0 Å². The van der Waals surface area contributed by atoms with Gasteiger partial charge in [0.1, 0.15) is 5.75 Å². The molecule has 0 bridgehead atoms. The van der Waals surface area contributed by atoms with E-state index >= 15 is 0 Å². The molecule has 1 aromatic carbocycles. The van der Waals surface area contributed by atoms with Crippen LogP contribution in [0.4, 0.5) is 0 Å². The third-order valence-electron chi connectivity index (χ3n) is 4.16. The van der Waals surface area contributed by atoms with Crippen LogP contribution in [-0.4, -0.2) is 34.1 Å². The van der Waals surface area contributed by atoms with Crippen molar-refractivity contribution in [1.82, 2.24) is 10.4 Å². The van der Waals surface area contributed by atoms with Crippen LogP contribution in [0.25, 0.3) is 0 Å². The summed E-state index contributed by atoms with van der Waals surface area (Å²) in [5, 5.41) is 11.3. The minimum atomic E-state index is -0.587. The number of amides is 1. The zero-order chi connectivity index (χ0) is 15.4. The van der Waals surface area contributed by atoms with Gasteiger partial charge in [0, 0.05) is 12.1 Å². The molecule has 1 aromatic rings. The zero-order valence-electron chi connectivity index (χ0n) is 12.7. The molecule has 0 radical (unpaired) electrons. The Labute approximate surface area is 126 Å². The number of nitrogens with zero attached hydrogens (tertiary/aromatic N) is 1. The Morgan fingerprint density at radius 2 is 1.90 bits per heavy atom. The number of aromatic hydroxyl groups is 1. The maximum absolute atomic E-state index is 12.2. The summed E-state index contributed by atoms with van der Waals surface area (Å²) in [5.41, 5.74) is 9.90. The molecule has 116 valence electrons. The smallest absolute Gasteiger partial charge is 0.251 e. The van der Waals surface area contributed by atoms with Gasteiger partial charge in [-0.25, -0.2) is 5.01 Å². The van der Waals surface area contributed by atoms with E-state index < -0.39 is 6.04 Å². The molecule has 1 aliphatic heterocycles. The van der Waals surface area contributed by atoms with E-state index in [0.717, 1.165) is 18.4 Å². The predicted octanol–water partition coefficient (Wildman–Crippen LogP) is 1.56. The number of nitrogens with one attached hydrogen (secondary N) is 1. The van der Waals surface area contributed by atoms with Crippen molar-refractivity contribution in [2.24, 2.45) is 5.73 Å². The third kappa shape index (κ3) is 4.19. The van der Waals surface area contributed by atoms with E-state index in [4.69, 9.17) is 5.73 Å². The van der Waals surface area contributed by atoms with Crippen molar-refractivity contribution in [3.05, 3.63) is 29.8 Å². The fraction of sp³-hybridized carbons (Fsp3) is 0.562. The lowest BCUT2D eigenvalue weighted by molar-refractivity contribution is -0.130. The number of hydrogen-bond donors (Lipinski definition) is 3. The van der Waals surface area contributed by atoms with Crippen molar-refractivity contribution < 1.29 is 9.90 Å². The van der Waals surface area contributed by atoms with Gasteiger partial charge in [0.15, 0.2) is 0 Å². The largest absolute Gasteiger partial charge is 0.508 e. The average Bonchev–Trinajstić information content (AvgIpc) is 2.45. The molecule has 1 aliphatic rings. The first-order valence-corrected chi connectivity index (χ1v) is 7.59. The van der Waals surface area contributed by atoms with Gasteiger partial charge in [-0.15, -0.1) is 0 Å². The summed E-state index contributed by atoms with van der Waals surface area (Å²) in [7, 11) is 0. The molecule has 3 atom stereocenters. The lowest BCUT2D eigenvalue weighted by atomic mass is 9.99. The van der Waals surface area contributed by atoms with Crippen LogP contribution in [0.2, 0.25) is 0 Å². The topological polar surface area (TPSA) is 78.6 Å². The van der Waals surface area contributed by atoms with Gasteiger partial charge in [0.2, 0.25) is 0 Å². The van der Waals surface area contributed by atoms with Crippen LogP contribution in [0.3, 0.4) is 0 Å². The normalized spacial score (nSPS) is 24.5. The Morgan fingerprint density at radius 3 is 2.48 bits per heavy atom. The number of piperidine rings is 1. The predicted molar refractivity (Wildman–Crippen MR) is 82.5 cm³/mol. The highest BCUT2D eigenvalue weighted by Crippen LogP contribution is 2.20. The Kier molecular flexibility index (Phi) is 5.20. The number of carbonyl (C=O) groups is 1. The Morgan fingerprint density at radius 1 is 1.33 bits per heavy atom. The fourth-order valence-electron chi connectivity index (χ4n) is 2.83.